The minimum Gasteiger partial charge on any atom is -0.320 e. The zero-order valence-corrected chi connectivity index (χ0v) is 18.4. The molecule has 0 bridgehead atoms. The number of hydrogen-bond acceptors (Lipinski definition) is 3. The predicted octanol–water partition coefficient (Wildman–Crippen LogP) is 4.50. The summed E-state index contributed by atoms with van der Waals surface area (Å²) in [5, 5.41) is 0.831. The number of fused-ring (bicyclic) bond motifs is 1. The SMILES string of the molecule is CC(C)Cn1c(=O)c2c(ncn2Cc2ccc(Cl)c(Cl)c2)n(-c2cccc(F)c2)c1=O. The van der Waals surface area contributed by atoms with Crippen molar-refractivity contribution in [2.45, 2.75) is 26.9 Å². The monoisotopic (exact) mass is 460 g/mol. The normalized spacial score (nSPS) is 11.5. The van der Waals surface area contributed by atoms with Crippen molar-refractivity contribution >= 4 is 34.4 Å². The van der Waals surface area contributed by atoms with Gasteiger partial charge in [0, 0.05) is 13.1 Å². The Morgan fingerprint density at radius 3 is 2.52 bits per heavy atom. The summed E-state index contributed by atoms with van der Waals surface area (Å²) in [4.78, 5) is 30.9. The number of nitrogens with zero attached hydrogens (tertiary/aromatic N) is 4. The molecule has 0 aliphatic heterocycles. The Morgan fingerprint density at radius 2 is 1.84 bits per heavy atom. The first-order chi connectivity index (χ1) is 14.8. The van der Waals surface area contributed by atoms with Crippen molar-refractivity contribution in [2.24, 2.45) is 5.92 Å². The van der Waals surface area contributed by atoms with Gasteiger partial charge in [-0.1, -0.05) is 49.2 Å². The molecule has 0 spiro atoms. The van der Waals surface area contributed by atoms with Gasteiger partial charge in [-0.25, -0.2) is 18.7 Å². The molecule has 2 aromatic heterocycles. The molecular formula is C22H19Cl2FN4O2. The van der Waals surface area contributed by atoms with Crippen molar-refractivity contribution in [1.82, 2.24) is 18.7 Å². The average Bonchev–Trinajstić information content (AvgIpc) is 3.11. The van der Waals surface area contributed by atoms with Gasteiger partial charge in [-0.2, -0.15) is 0 Å². The van der Waals surface area contributed by atoms with Crippen LogP contribution in [0.4, 0.5) is 4.39 Å². The number of hydrogen-bond donors (Lipinski definition) is 0. The Labute approximate surface area is 187 Å². The second kappa shape index (κ2) is 8.32. The van der Waals surface area contributed by atoms with E-state index in [4.69, 9.17) is 23.2 Å². The molecule has 0 fully saturated rings. The van der Waals surface area contributed by atoms with E-state index < -0.39 is 17.1 Å². The predicted molar refractivity (Wildman–Crippen MR) is 120 cm³/mol. The molecule has 2 aromatic carbocycles. The highest BCUT2D eigenvalue weighted by molar-refractivity contribution is 6.42. The Morgan fingerprint density at radius 1 is 1.06 bits per heavy atom. The van der Waals surface area contributed by atoms with E-state index in [1.807, 2.05) is 13.8 Å². The summed E-state index contributed by atoms with van der Waals surface area (Å²) in [6.45, 7) is 4.34. The van der Waals surface area contributed by atoms with Crippen molar-refractivity contribution in [2.75, 3.05) is 0 Å². The van der Waals surface area contributed by atoms with Crippen LogP contribution in [0.1, 0.15) is 19.4 Å². The number of imidazole rings is 1. The lowest BCUT2D eigenvalue weighted by Crippen LogP contribution is -2.41. The van der Waals surface area contributed by atoms with Crippen LogP contribution in [0.3, 0.4) is 0 Å². The van der Waals surface area contributed by atoms with E-state index >= 15 is 0 Å². The molecule has 0 aliphatic rings. The quantitative estimate of drug-likeness (QED) is 0.440. The van der Waals surface area contributed by atoms with Crippen LogP contribution in [-0.4, -0.2) is 18.7 Å². The molecule has 0 aliphatic carbocycles. The lowest BCUT2D eigenvalue weighted by Gasteiger charge is -2.14. The maximum absolute atomic E-state index is 13.9. The lowest BCUT2D eigenvalue weighted by atomic mass is 10.2. The van der Waals surface area contributed by atoms with Crippen molar-refractivity contribution in [1.29, 1.82) is 0 Å². The van der Waals surface area contributed by atoms with Crippen molar-refractivity contribution < 1.29 is 4.39 Å². The van der Waals surface area contributed by atoms with E-state index in [-0.39, 0.29) is 23.6 Å². The Hall–Kier alpha value is -2.90. The zero-order chi connectivity index (χ0) is 22.3. The van der Waals surface area contributed by atoms with Crippen LogP contribution in [0.5, 0.6) is 0 Å². The first-order valence-electron chi connectivity index (χ1n) is 9.67. The fourth-order valence-electron chi connectivity index (χ4n) is 3.51. The second-order valence-corrected chi connectivity index (χ2v) is 8.52. The minimum atomic E-state index is -0.559. The summed E-state index contributed by atoms with van der Waals surface area (Å²) in [6, 6.07) is 10.8. The van der Waals surface area contributed by atoms with Gasteiger partial charge in [0.25, 0.3) is 5.56 Å². The molecule has 0 N–H and O–H groups in total. The Bertz CT molecular complexity index is 1410. The molecule has 0 radical (unpaired) electrons. The number of aromatic nitrogens is 4. The van der Waals surface area contributed by atoms with Gasteiger partial charge in [0.2, 0.25) is 0 Å². The molecule has 9 heteroatoms. The third-order valence-electron chi connectivity index (χ3n) is 4.85. The van der Waals surface area contributed by atoms with Crippen LogP contribution in [0, 0.1) is 11.7 Å². The molecule has 0 atom stereocenters. The van der Waals surface area contributed by atoms with Gasteiger partial charge < -0.3 is 4.57 Å². The molecule has 6 nitrogen and oxygen atoms in total. The smallest absolute Gasteiger partial charge is 0.320 e. The zero-order valence-electron chi connectivity index (χ0n) is 16.8. The minimum absolute atomic E-state index is 0.0512. The Balaban J connectivity index is 1.98. The van der Waals surface area contributed by atoms with E-state index in [0.717, 1.165) is 5.56 Å². The average molecular weight is 461 g/mol. The highest BCUT2D eigenvalue weighted by Gasteiger charge is 2.20. The maximum atomic E-state index is 13.9. The van der Waals surface area contributed by atoms with Crippen LogP contribution in [0.15, 0.2) is 58.4 Å². The van der Waals surface area contributed by atoms with Crippen molar-refractivity contribution in [3.63, 3.8) is 0 Å². The molecule has 2 heterocycles. The maximum Gasteiger partial charge on any atom is 0.337 e. The first-order valence-corrected chi connectivity index (χ1v) is 10.4. The summed E-state index contributed by atoms with van der Waals surface area (Å²) in [7, 11) is 0. The lowest BCUT2D eigenvalue weighted by molar-refractivity contribution is 0.488. The molecule has 0 saturated carbocycles. The van der Waals surface area contributed by atoms with Gasteiger partial charge in [0.05, 0.1) is 22.1 Å². The molecular weight excluding hydrogens is 442 g/mol. The van der Waals surface area contributed by atoms with Gasteiger partial charge in [0.15, 0.2) is 11.2 Å². The number of benzene rings is 2. The molecule has 160 valence electrons. The largest absolute Gasteiger partial charge is 0.337 e. The van der Waals surface area contributed by atoms with E-state index in [0.29, 0.717) is 22.3 Å². The Kier molecular flexibility index (Phi) is 5.73. The fourth-order valence-corrected chi connectivity index (χ4v) is 3.83. The highest BCUT2D eigenvalue weighted by atomic mass is 35.5. The van der Waals surface area contributed by atoms with E-state index in [9.17, 15) is 14.0 Å². The van der Waals surface area contributed by atoms with Crippen LogP contribution in [-0.2, 0) is 13.1 Å². The van der Waals surface area contributed by atoms with Crippen LogP contribution in [0.2, 0.25) is 10.0 Å². The van der Waals surface area contributed by atoms with Crippen LogP contribution in [0.25, 0.3) is 16.9 Å². The van der Waals surface area contributed by atoms with E-state index in [1.54, 1.807) is 28.8 Å². The van der Waals surface area contributed by atoms with Crippen LogP contribution >= 0.6 is 23.2 Å². The number of rotatable bonds is 5. The third kappa shape index (κ3) is 4.03. The highest BCUT2D eigenvalue weighted by Crippen LogP contribution is 2.23. The standard InChI is InChI=1S/C22H19Cl2FN4O2/c1-13(2)10-28-21(30)19-20(29(22(28)31)16-5-3-4-15(25)9-16)26-12-27(19)11-14-6-7-17(23)18(24)8-14/h3-9,12-13H,10-11H2,1-2H3. The van der Waals surface area contributed by atoms with Gasteiger partial charge in [-0.15, -0.1) is 0 Å². The van der Waals surface area contributed by atoms with Gasteiger partial charge in [-0.3, -0.25) is 9.36 Å². The summed E-state index contributed by atoms with van der Waals surface area (Å²) in [6.07, 6.45) is 1.49. The third-order valence-corrected chi connectivity index (χ3v) is 5.59. The fraction of sp³-hybridized carbons (Fsp3) is 0.227. The molecule has 31 heavy (non-hydrogen) atoms. The van der Waals surface area contributed by atoms with E-state index in [1.165, 1.54) is 33.7 Å². The van der Waals surface area contributed by atoms with Gasteiger partial charge in [0.1, 0.15) is 5.82 Å². The van der Waals surface area contributed by atoms with E-state index in [2.05, 4.69) is 4.98 Å². The molecule has 0 amide bonds. The van der Waals surface area contributed by atoms with Crippen molar-refractivity contribution in [3.05, 3.63) is 91.1 Å². The second-order valence-electron chi connectivity index (χ2n) is 7.70. The molecule has 4 rings (SSSR count). The van der Waals surface area contributed by atoms with Crippen LogP contribution < -0.4 is 11.2 Å². The van der Waals surface area contributed by atoms with Gasteiger partial charge in [-0.05, 0) is 41.8 Å². The summed E-state index contributed by atoms with van der Waals surface area (Å²) in [5.74, 6) is -0.440. The topological polar surface area (TPSA) is 61.8 Å². The van der Waals surface area contributed by atoms with Crippen molar-refractivity contribution in [3.8, 4) is 5.69 Å². The first kappa shape index (κ1) is 21.3. The molecule has 4 aromatic rings. The molecule has 0 saturated heterocycles. The van der Waals surface area contributed by atoms with Gasteiger partial charge >= 0.3 is 5.69 Å². The summed E-state index contributed by atoms with van der Waals surface area (Å²) >= 11 is 12.1. The summed E-state index contributed by atoms with van der Waals surface area (Å²) < 4.78 is 18.0. The molecule has 0 unspecified atom stereocenters. The number of halogens is 3. The summed E-state index contributed by atoms with van der Waals surface area (Å²) in [5.41, 5.74) is 0.519.